The Balaban J connectivity index is 1.06. The smallest absolute Gasteiger partial charge is 0.407 e. The summed E-state index contributed by atoms with van der Waals surface area (Å²) in [5.74, 6) is 0.760. The van der Waals surface area contributed by atoms with Gasteiger partial charge in [0, 0.05) is 24.8 Å². The van der Waals surface area contributed by atoms with Crippen molar-refractivity contribution in [3.05, 3.63) is 54.4 Å². The molecule has 5 heterocycles. The number of imidazole rings is 2. The molecule has 2 fully saturated rings. The number of hydrogen-bond donors (Lipinski definition) is 4. The lowest BCUT2D eigenvalue weighted by molar-refractivity contribution is -0.136. The molecule has 2 aliphatic heterocycles. The number of H-pyrrole nitrogens is 1. The molecule has 4 aromatic rings. The average Bonchev–Trinajstić information content (AvgIpc) is 4.03. The molecule has 17 heteroatoms. The highest BCUT2D eigenvalue weighted by Crippen LogP contribution is 2.33. The van der Waals surface area contributed by atoms with Crippen molar-refractivity contribution in [3.63, 3.8) is 0 Å². The lowest BCUT2D eigenvalue weighted by Crippen LogP contribution is -2.52. The summed E-state index contributed by atoms with van der Waals surface area (Å²) in [6.45, 7) is 8.99. The lowest BCUT2D eigenvalue weighted by atomic mass is 10.0. The van der Waals surface area contributed by atoms with Crippen molar-refractivity contribution in [3.8, 4) is 22.5 Å². The van der Waals surface area contributed by atoms with Crippen LogP contribution in [0.4, 0.5) is 9.59 Å². The number of alkyl carbamates (subject to hydrolysis) is 2. The third-order valence-electron chi connectivity index (χ3n) is 10.3. The number of nitrogens with zero attached hydrogens (tertiary/aromatic N) is 6. The maximum Gasteiger partial charge on any atom is 0.407 e. The van der Waals surface area contributed by atoms with Gasteiger partial charge in [-0.05, 0) is 43.1 Å². The van der Waals surface area contributed by atoms with Crippen LogP contribution in [0.1, 0.15) is 71.0 Å². The first-order valence-corrected chi connectivity index (χ1v) is 18.9. The molecule has 3 aromatic heterocycles. The zero-order valence-corrected chi connectivity index (χ0v) is 32.6. The van der Waals surface area contributed by atoms with E-state index in [2.05, 4.69) is 30.6 Å². The van der Waals surface area contributed by atoms with Gasteiger partial charge in [-0.3, -0.25) is 24.4 Å². The van der Waals surface area contributed by atoms with Gasteiger partial charge in [0.05, 0.1) is 62.8 Å². The van der Waals surface area contributed by atoms with Gasteiger partial charge < -0.3 is 39.3 Å². The van der Waals surface area contributed by atoms with Crippen LogP contribution in [-0.2, 0) is 19.1 Å². The van der Waals surface area contributed by atoms with E-state index in [-0.39, 0.29) is 41.4 Å². The summed E-state index contributed by atoms with van der Waals surface area (Å²) in [5, 5.41) is 13.9. The molecule has 56 heavy (non-hydrogen) atoms. The Kier molecular flexibility index (Phi) is 12.2. The van der Waals surface area contributed by atoms with Crippen LogP contribution < -0.4 is 10.6 Å². The van der Waals surface area contributed by atoms with E-state index in [0.29, 0.717) is 42.8 Å². The second-order valence-corrected chi connectivity index (χ2v) is 14.8. The normalized spacial score (nSPS) is 18.2. The van der Waals surface area contributed by atoms with Crippen LogP contribution in [0.5, 0.6) is 0 Å². The highest BCUT2D eigenvalue weighted by atomic mass is 16.5. The fourth-order valence-electron chi connectivity index (χ4n) is 7.25. The van der Waals surface area contributed by atoms with Crippen LogP contribution in [-0.4, -0.2) is 117 Å². The Hall–Kier alpha value is -6.00. The van der Waals surface area contributed by atoms with E-state index in [1.807, 2.05) is 58.2 Å². The van der Waals surface area contributed by atoms with Gasteiger partial charge in [0.1, 0.15) is 23.6 Å². The summed E-state index contributed by atoms with van der Waals surface area (Å²) in [6, 6.07) is 6.07. The summed E-state index contributed by atoms with van der Waals surface area (Å²) in [6.07, 6.45) is 8.62. The molecule has 0 saturated carbocycles. The monoisotopic (exact) mass is 770 g/mol. The van der Waals surface area contributed by atoms with E-state index in [9.17, 15) is 19.2 Å². The number of hydrogen-bond acceptors (Lipinski definition) is 11. The van der Waals surface area contributed by atoms with E-state index in [4.69, 9.17) is 19.3 Å². The average molecular weight is 771 g/mol. The Labute approximate surface area is 324 Å². The molecule has 0 aliphatic carbocycles. The molecule has 17 nitrogen and oxygen atoms in total. The largest absolute Gasteiger partial charge is 0.453 e. The third-order valence-corrected chi connectivity index (χ3v) is 10.3. The zero-order chi connectivity index (χ0) is 40.1. The van der Waals surface area contributed by atoms with Crippen LogP contribution in [0.15, 0.2) is 52.3 Å². The molecule has 4 amide bonds. The lowest BCUT2D eigenvalue weighted by Gasteiger charge is -2.30. The maximum atomic E-state index is 13.5. The summed E-state index contributed by atoms with van der Waals surface area (Å²) in [4.78, 5) is 71.2. The number of ether oxygens (including phenoxy) is 2. The Bertz CT molecular complexity index is 2050. The van der Waals surface area contributed by atoms with E-state index in [1.165, 1.54) is 20.4 Å². The minimum absolute atomic E-state index is 0.0753. The van der Waals surface area contributed by atoms with Gasteiger partial charge in [-0.25, -0.2) is 14.6 Å². The van der Waals surface area contributed by atoms with Crippen LogP contribution in [0.2, 0.25) is 0 Å². The second-order valence-electron chi connectivity index (χ2n) is 14.8. The maximum absolute atomic E-state index is 13.5. The van der Waals surface area contributed by atoms with Crippen molar-refractivity contribution < 1.29 is 33.1 Å². The molecular formula is C39H50N10O7. The van der Waals surface area contributed by atoms with Crippen molar-refractivity contribution in [1.29, 1.82) is 5.41 Å². The van der Waals surface area contributed by atoms with E-state index in [1.54, 1.807) is 26.6 Å². The van der Waals surface area contributed by atoms with E-state index >= 15 is 0 Å². The molecule has 2 saturated heterocycles. The first-order valence-electron chi connectivity index (χ1n) is 18.9. The minimum Gasteiger partial charge on any atom is -0.453 e. The predicted octanol–water partition coefficient (Wildman–Crippen LogP) is 4.84. The van der Waals surface area contributed by atoms with Crippen LogP contribution in [0.25, 0.3) is 28.4 Å². The SMILES string of the molecule is COC(=O)NC(C(=O)N1CCCC1CN=CC(=N)c1cn2cc(-c3ccc(-c4cnc(C5CCCN5C(=O)C(NC(=O)OC)C(C)C)[nH]4)cc3)nc2o1)C(C)C. The Morgan fingerprint density at radius 3 is 2.16 bits per heavy atom. The quantitative estimate of drug-likeness (QED) is 0.137. The van der Waals surface area contributed by atoms with Crippen molar-refractivity contribution in [2.75, 3.05) is 33.9 Å². The van der Waals surface area contributed by atoms with Crippen molar-refractivity contribution in [2.24, 2.45) is 16.8 Å². The molecule has 298 valence electrons. The molecule has 1 aromatic carbocycles. The van der Waals surface area contributed by atoms with Gasteiger partial charge in [-0.2, -0.15) is 4.98 Å². The third kappa shape index (κ3) is 8.61. The number of carbonyl (C=O) groups excluding carboxylic acids is 4. The number of aliphatic imine (C=N–C) groups is 1. The number of amides is 4. The molecule has 0 radical (unpaired) electrons. The highest BCUT2D eigenvalue weighted by molar-refractivity contribution is 6.35. The molecule has 0 spiro atoms. The van der Waals surface area contributed by atoms with Gasteiger partial charge in [0.2, 0.25) is 11.8 Å². The van der Waals surface area contributed by atoms with Gasteiger partial charge in [-0.15, -0.1) is 0 Å². The summed E-state index contributed by atoms with van der Waals surface area (Å²) in [5.41, 5.74) is 3.36. The number of carbonyl (C=O) groups is 4. The predicted molar refractivity (Wildman–Crippen MR) is 207 cm³/mol. The number of fused-ring (bicyclic) bond motifs is 1. The topological polar surface area (TPSA) is 213 Å². The summed E-state index contributed by atoms with van der Waals surface area (Å²) in [7, 11) is 2.55. The number of aromatic nitrogens is 4. The molecule has 0 bridgehead atoms. The van der Waals surface area contributed by atoms with E-state index in [0.717, 1.165) is 42.5 Å². The number of methoxy groups -OCH3 is 2. The number of rotatable bonds is 13. The molecule has 6 rings (SSSR count). The summed E-state index contributed by atoms with van der Waals surface area (Å²) >= 11 is 0. The van der Waals surface area contributed by atoms with Gasteiger partial charge in [0.25, 0.3) is 0 Å². The molecule has 2 aliphatic rings. The van der Waals surface area contributed by atoms with Gasteiger partial charge in [-0.1, -0.05) is 52.0 Å². The summed E-state index contributed by atoms with van der Waals surface area (Å²) < 4.78 is 17.1. The van der Waals surface area contributed by atoms with Crippen molar-refractivity contribution in [1.82, 2.24) is 39.8 Å². The zero-order valence-electron chi connectivity index (χ0n) is 32.6. The van der Waals surface area contributed by atoms with Gasteiger partial charge in [0.15, 0.2) is 5.76 Å². The van der Waals surface area contributed by atoms with Crippen LogP contribution >= 0.6 is 0 Å². The molecule has 4 unspecified atom stereocenters. The van der Waals surface area contributed by atoms with Gasteiger partial charge >= 0.3 is 18.0 Å². The highest BCUT2D eigenvalue weighted by Gasteiger charge is 2.38. The number of benzene rings is 1. The van der Waals surface area contributed by atoms with Crippen molar-refractivity contribution >= 4 is 41.8 Å². The minimum atomic E-state index is -0.704. The first-order chi connectivity index (χ1) is 26.9. The fourth-order valence-corrected chi connectivity index (χ4v) is 7.25. The Morgan fingerprint density at radius 1 is 0.929 bits per heavy atom. The molecular weight excluding hydrogens is 720 g/mol. The Morgan fingerprint density at radius 2 is 1.54 bits per heavy atom. The van der Waals surface area contributed by atoms with Crippen LogP contribution in [0, 0.1) is 17.2 Å². The number of nitrogens with one attached hydrogen (secondary N) is 4. The van der Waals surface area contributed by atoms with Crippen molar-refractivity contribution in [2.45, 2.75) is 77.5 Å². The second kappa shape index (κ2) is 17.2. The molecule has 4 N–H and O–H groups in total. The standard InChI is InChI=1S/C39H50N10O7/c1-22(2)32(45-38(52)54-5)35(50)48-15-7-9-26(48)17-41-18-27(40)31-21-47-20-29(44-37(47)56-31)25-13-11-24(12-14-25)28-19-42-34(43-28)30-10-8-16-49(30)36(51)33(23(3)4)46-39(53)55-6/h11-14,18-23,26,30,32-33,40H,7-10,15-17H2,1-6H3,(H,42,43)(H,45,52)(H,46,53). The first kappa shape index (κ1) is 39.7. The van der Waals surface area contributed by atoms with Crippen LogP contribution in [0.3, 0.4) is 0 Å². The van der Waals surface area contributed by atoms with E-state index < -0.39 is 24.3 Å². The molecule has 4 atom stereocenters. The number of likely N-dealkylation sites (tertiary alicyclic amines) is 2. The fraction of sp³-hybridized carbons (Fsp3) is 0.487. The number of oxazole rings is 1. The number of aromatic amines is 1.